The fraction of sp³-hybridized carbons (Fsp3) is 0.889. The summed E-state index contributed by atoms with van der Waals surface area (Å²) in [5.74, 6) is 1.71. The van der Waals surface area contributed by atoms with Crippen molar-refractivity contribution in [1.82, 2.24) is 0 Å². The fourth-order valence-corrected chi connectivity index (χ4v) is 1.82. The first kappa shape index (κ1) is 7.11. The summed E-state index contributed by atoms with van der Waals surface area (Å²) in [6, 6.07) is 0. The molecule has 1 radical (unpaired) electrons. The van der Waals surface area contributed by atoms with Crippen molar-refractivity contribution in [3.63, 3.8) is 0 Å². The van der Waals surface area contributed by atoms with Crippen molar-refractivity contribution < 1.29 is 0 Å². The van der Waals surface area contributed by atoms with Crippen molar-refractivity contribution in [2.45, 2.75) is 39.0 Å². The Morgan fingerprint density at radius 2 is 2.00 bits per heavy atom. The first-order valence-electron chi connectivity index (χ1n) is 4.17. The van der Waals surface area contributed by atoms with E-state index in [1.165, 1.54) is 32.1 Å². The summed E-state index contributed by atoms with van der Waals surface area (Å²) >= 11 is 0. The molecule has 0 amide bonds. The minimum Gasteiger partial charge on any atom is -0.0651 e. The maximum absolute atomic E-state index is 4.15. The molecule has 0 bridgehead atoms. The van der Waals surface area contributed by atoms with Gasteiger partial charge in [0.05, 0.1) is 0 Å². The van der Waals surface area contributed by atoms with E-state index in [-0.39, 0.29) is 0 Å². The van der Waals surface area contributed by atoms with Gasteiger partial charge in [0.2, 0.25) is 0 Å². The van der Waals surface area contributed by atoms with Gasteiger partial charge in [-0.05, 0) is 18.8 Å². The Labute approximate surface area is 58.7 Å². The first-order chi connectivity index (χ1) is 4.34. The van der Waals surface area contributed by atoms with E-state index in [0.717, 1.165) is 11.8 Å². The lowest BCUT2D eigenvalue weighted by molar-refractivity contribution is 0.274. The predicted molar refractivity (Wildman–Crippen MR) is 41.1 cm³/mol. The van der Waals surface area contributed by atoms with Crippen LogP contribution in [0.1, 0.15) is 39.0 Å². The zero-order chi connectivity index (χ0) is 6.69. The summed E-state index contributed by atoms with van der Waals surface area (Å²) in [5, 5.41) is 0. The Bertz CT molecular complexity index is 76.1. The Kier molecular flexibility index (Phi) is 2.56. The third-order valence-electron chi connectivity index (χ3n) is 2.59. The van der Waals surface area contributed by atoms with Crippen LogP contribution in [0.5, 0.6) is 0 Å². The van der Waals surface area contributed by atoms with Crippen LogP contribution in [0, 0.1) is 18.8 Å². The molecule has 0 saturated heterocycles. The molecular weight excluding hydrogens is 108 g/mol. The first-order valence-corrected chi connectivity index (χ1v) is 4.17. The molecule has 0 nitrogen and oxygen atoms in total. The van der Waals surface area contributed by atoms with Gasteiger partial charge in [0.1, 0.15) is 0 Å². The van der Waals surface area contributed by atoms with E-state index in [1.807, 2.05) is 0 Å². The van der Waals surface area contributed by atoms with Gasteiger partial charge < -0.3 is 0 Å². The molecule has 0 heteroatoms. The largest absolute Gasteiger partial charge is 0.0651 e. The highest BCUT2D eigenvalue weighted by molar-refractivity contribution is 4.75. The molecule has 0 N–H and O–H groups in total. The Morgan fingerprint density at radius 3 is 2.44 bits per heavy atom. The molecule has 0 aromatic carbocycles. The summed E-state index contributed by atoms with van der Waals surface area (Å²) in [7, 11) is 0. The molecule has 0 spiro atoms. The maximum Gasteiger partial charge on any atom is -0.0386 e. The van der Waals surface area contributed by atoms with E-state index in [9.17, 15) is 0 Å². The summed E-state index contributed by atoms with van der Waals surface area (Å²) in [4.78, 5) is 0. The van der Waals surface area contributed by atoms with Crippen LogP contribution < -0.4 is 0 Å². The lowest BCUT2D eigenvalue weighted by atomic mass is 9.79. The van der Waals surface area contributed by atoms with E-state index >= 15 is 0 Å². The molecule has 1 rings (SSSR count). The highest BCUT2D eigenvalue weighted by atomic mass is 14.2. The van der Waals surface area contributed by atoms with E-state index in [1.54, 1.807) is 0 Å². The Balaban J connectivity index is 2.30. The van der Waals surface area contributed by atoms with Gasteiger partial charge in [0.25, 0.3) is 0 Å². The third-order valence-corrected chi connectivity index (χ3v) is 2.59. The van der Waals surface area contributed by atoms with Gasteiger partial charge in [-0.1, -0.05) is 39.0 Å². The van der Waals surface area contributed by atoms with Crippen molar-refractivity contribution >= 4 is 0 Å². The monoisotopic (exact) mass is 125 g/mol. The normalized spacial score (nSPS) is 36.7. The Morgan fingerprint density at radius 1 is 1.33 bits per heavy atom. The van der Waals surface area contributed by atoms with Gasteiger partial charge in [-0.3, -0.25) is 0 Å². The molecular formula is C9H17. The van der Waals surface area contributed by atoms with Gasteiger partial charge in [-0.2, -0.15) is 0 Å². The van der Waals surface area contributed by atoms with Gasteiger partial charge in [0, 0.05) is 0 Å². The van der Waals surface area contributed by atoms with Crippen LogP contribution in [-0.2, 0) is 0 Å². The molecule has 1 aliphatic carbocycles. The highest BCUT2D eigenvalue weighted by Gasteiger charge is 2.18. The summed E-state index contributed by atoms with van der Waals surface area (Å²) in [5.41, 5.74) is 0. The summed E-state index contributed by atoms with van der Waals surface area (Å²) < 4.78 is 0. The number of hydrogen-bond acceptors (Lipinski definition) is 0. The second-order valence-corrected chi connectivity index (χ2v) is 3.21. The molecule has 2 unspecified atom stereocenters. The summed E-state index contributed by atoms with van der Waals surface area (Å²) in [6.07, 6.45) is 7.02. The van der Waals surface area contributed by atoms with Crippen LogP contribution in [0.15, 0.2) is 0 Å². The van der Waals surface area contributed by atoms with Crippen molar-refractivity contribution in [1.29, 1.82) is 0 Å². The van der Waals surface area contributed by atoms with Crippen molar-refractivity contribution in [2.24, 2.45) is 11.8 Å². The van der Waals surface area contributed by atoms with Crippen LogP contribution in [0.3, 0.4) is 0 Å². The minimum atomic E-state index is 0.767. The lowest BCUT2D eigenvalue weighted by Crippen LogP contribution is -2.15. The quantitative estimate of drug-likeness (QED) is 0.505. The van der Waals surface area contributed by atoms with Crippen LogP contribution in [0.4, 0.5) is 0 Å². The molecule has 1 saturated carbocycles. The summed E-state index contributed by atoms with van der Waals surface area (Å²) in [6.45, 7) is 6.44. The molecule has 1 aliphatic rings. The molecule has 0 aliphatic heterocycles. The van der Waals surface area contributed by atoms with Crippen LogP contribution in [-0.4, -0.2) is 0 Å². The SMILES string of the molecule is [CH2]C1CCCCC1CC. The topological polar surface area (TPSA) is 0 Å². The van der Waals surface area contributed by atoms with E-state index in [2.05, 4.69) is 13.8 Å². The number of rotatable bonds is 1. The average molecular weight is 125 g/mol. The zero-order valence-corrected chi connectivity index (χ0v) is 6.40. The molecule has 0 aromatic heterocycles. The average Bonchev–Trinajstić information content (AvgIpc) is 1.89. The molecule has 1 fully saturated rings. The molecule has 0 heterocycles. The standard InChI is InChI=1S/C9H17/c1-3-9-7-5-4-6-8(9)2/h8-9H,2-7H2,1H3. The van der Waals surface area contributed by atoms with Crippen molar-refractivity contribution in [3.05, 3.63) is 6.92 Å². The van der Waals surface area contributed by atoms with E-state index in [0.29, 0.717) is 0 Å². The molecule has 53 valence electrons. The van der Waals surface area contributed by atoms with Crippen LogP contribution in [0.25, 0.3) is 0 Å². The second kappa shape index (κ2) is 3.24. The van der Waals surface area contributed by atoms with E-state index in [4.69, 9.17) is 0 Å². The van der Waals surface area contributed by atoms with Crippen LogP contribution in [0.2, 0.25) is 0 Å². The predicted octanol–water partition coefficient (Wildman–Crippen LogP) is 3.04. The molecule has 9 heavy (non-hydrogen) atoms. The third kappa shape index (κ3) is 1.70. The van der Waals surface area contributed by atoms with E-state index < -0.39 is 0 Å². The maximum atomic E-state index is 4.15. The van der Waals surface area contributed by atoms with Crippen LogP contribution >= 0.6 is 0 Å². The van der Waals surface area contributed by atoms with Gasteiger partial charge in [0.15, 0.2) is 0 Å². The van der Waals surface area contributed by atoms with Crippen molar-refractivity contribution in [3.8, 4) is 0 Å². The fourth-order valence-electron chi connectivity index (χ4n) is 1.82. The van der Waals surface area contributed by atoms with Crippen molar-refractivity contribution in [2.75, 3.05) is 0 Å². The lowest BCUT2D eigenvalue weighted by Gasteiger charge is -2.27. The Hall–Kier alpha value is 0. The number of hydrogen-bond donors (Lipinski definition) is 0. The molecule has 2 atom stereocenters. The minimum absolute atomic E-state index is 0.767. The van der Waals surface area contributed by atoms with Gasteiger partial charge in [-0.15, -0.1) is 0 Å². The highest BCUT2D eigenvalue weighted by Crippen LogP contribution is 2.30. The second-order valence-electron chi connectivity index (χ2n) is 3.21. The zero-order valence-electron chi connectivity index (χ0n) is 6.40. The van der Waals surface area contributed by atoms with Gasteiger partial charge >= 0.3 is 0 Å². The van der Waals surface area contributed by atoms with Gasteiger partial charge in [-0.25, -0.2) is 0 Å². The molecule has 0 aromatic rings. The smallest absolute Gasteiger partial charge is 0.0386 e.